The van der Waals surface area contributed by atoms with Gasteiger partial charge in [-0.05, 0) is 39.3 Å². The highest BCUT2D eigenvalue weighted by molar-refractivity contribution is 5.97. The van der Waals surface area contributed by atoms with Crippen LogP contribution in [0.4, 0.5) is 14.9 Å². The van der Waals surface area contributed by atoms with Crippen molar-refractivity contribution in [3.05, 3.63) is 24.0 Å². The first-order chi connectivity index (χ1) is 10.8. The third-order valence-corrected chi connectivity index (χ3v) is 3.09. The minimum absolute atomic E-state index is 0.0654. The summed E-state index contributed by atoms with van der Waals surface area (Å²) in [4.78, 5) is 25.4. The molecule has 23 heavy (non-hydrogen) atoms. The van der Waals surface area contributed by atoms with E-state index in [1.54, 1.807) is 26.8 Å². The predicted molar refractivity (Wildman–Crippen MR) is 83.1 cm³/mol. The molecule has 0 spiro atoms. The van der Waals surface area contributed by atoms with Crippen LogP contribution in [0.1, 0.15) is 27.2 Å². The van der Waals surface area contributed by atoms with Crippen molar-refractivity contribution in [2.75, 3.05) is 24.6 Å². The van der Waals surface area contributed by atoms with E-state index in [0.29, 0.717) is 25.3 Å². The lowest BCUT2D eigenvalue weighted by molar-refractivity contribution is -0.117. The monoisotopic (exact) mass is 324 g/mol. The lowest BCUT2D eigenvalue weighted by Crippen LogP contribution is -2.42. The highest BCUT2D eigenvalue weighted by atomic mass is 19.1. The Bertz CT molecular complexity index is 598. The maximum atomic E-state index is 13.8. The first-order valence-electron chi connectivity index (χ1n) is 7.46. The number of fused-ring (bicyclic) bond motifs is 1. The molecule has 6 nitrogen and oxygen atoms in total. The number of nitrogens with zero attached hydrogens (tertiary/aromatic N) is 1. The van der Waals surface area contributed by atoms with E-state index in [1.807, 2.05) is 0 Å². The van der Waals surface area contributed by atoms with E-state index in [-0.39, 0.29) is 18.2 Å². The second-order valence-corrected chi connectivity index (χ2v) is 6.19. The maximum absolute atomic E-state index is 13.8. The molecule has 1 N–H and O–H groups in total. The van der Waals surface area contributed by atoms with Crippen LogP contribution in [0.25, 0.3) is 0 Å². The zero-order chi connectivity index (χ0) is 17.0. The van der Waals surface area contributed by atoms with Crippen LogP contribution in [-0.2, 0) is 9.53 Å². The second-order valence-electron chi connectivity index (χ2n) is 6.19. The number of para-hydroxylation sites is 1. The molecule has 1 aliphatic rings. The van der Waals surface area contributed by atoms with Crippen LogP contribution in [0.15, 0.2) is 18.2 Å². The largest absolute Gasteiger partial charge is 0.488 e. The van der Waals surface area contributed by atoms with Crippen molar-refractivity contribution in [3.63, 3.8) is 0 Å². The summed E-state index contributed by atoms with van der Waals surface area (Å²) in [6.45, 7) is 5.70. The number of hydrogen-bond acceptors (Lipinski definition) is 4. The van der Waals surface area contributed by atoms with E-state index in [1.165, 1.54) is 17.0 Å². The Kier molecular flexibility index (Phi) is 5.08. The molecule has 0 radical (unpaired) electrons. The van der Waals surface area contributed by atoms with Gasteiger partial charge in [0.1, 0.15) is 12.1 Å². The first kappa shape index (κ1) is 17.1. The van der Waals surface area contributed by atoms with Crippen molar-refractivity contribution in [1.29, 1.82) is 0 Å². The lowest BCUT2D eigenvalue weighted by Gasteiger charge is -2.23. The van der Waals surface area contributed by atoms with Gasteiger partial charge in [0.15, 0.2) is 11.6 Å². The molecule has 126 valence electrons. The van der Waals surface area contributed by atoms with E-state index < -0.39 is 17.5 Å². The number of carbonyl (C=O) groups is 2. The van der Waals surface area contributed by atoms with Gasteiger partial charge in [-0.1, -0.05) is 6.07 Å². The molecule has 7 heteroatoms. The quantitative estimate of drug-likeness (QED) is 0.907. The second kappa shape index (κ2) is 6.85. The number of hydrogen-bond donors (Lipinski definition) is 1. The van der Waals surface area contributed by atoms with Crippen LogP contribution in [-0.4, -0.2) is 37.3 Å². The normalized spacial score (nSPS) is 14.3. The molecule has 1 aromatic rings. The molecule has 0 bridgehead atoms. The van der Waals surface area contributed by atoms with E-state index in [0.717, 1.165) is 0 Å². The van der Waals surface area contributed by atoms with Crippen LogP contribution < -0.4 is 15.0 Å². The van der Waals surface area contributed by atoms with E-state index in [2.05, 4.69) is 5.32 Å². The fourth-order valence-electron chi connectivity index (χ4n) is 2.19. The van der Waals surface area contributed by atoms with Crippen LogP contribution in [0.3, 0.4) is 0 Å². The molecule has 2 amide bonds. The average molecular weight is 324 g/mol. The zero-order valence-electron chi connectivity index (χ0n) is 13.5. The van der Waals surface area contributed by atoms with Crippen molar-refractivity contribution in [3.8, 4) is 5.75 Å². The summed E-state index contributed by atoms with van der Waals surface area (Å²) in [6, 6.07) is 4.42. The number of amides is 2. The molecule has 0 saturated carbocycles. The molecular formula is C16H21FN2O4. The van der Waals surface area contributed by atoms with Gasteiger partial charge in [0.2, 0.25) is 5.91 Å². The Morgan fingerprint density at radius 1 is 1.39 bits per heavy atom. The van der Waals surface area contributed by atoms with Gasteiger partial charge < -0.3 is 19.7 Å². The fraction of sp³-hybridized carbons (Fsp3) is 0.500. The lowest BCUT2D eigenvalue weighted by atomic mass is 10.2. The number of ether oxygens (including phenoxy) is 2. The van der Waals surface area contributed by atoms with Gasteiger partial charge in [-0.25, -0.2) is 9.18 Å². The summed E-state index contributed by atoms with van der Waals surface area (Å²) in [5.41, 5.74) is -0.266. The molecule has 0 unspecified atom stereocenters. The van der Waals surface area contributed by atoms with Crippen LogP contribution in [0.5, 0.6) is 5.75 Å². The van der Waals surface area contributed by atoms with Crippen molar-refractivity contribution < 1.29 is 23.5 Å². The number of carbonyl (C=O) groups excluding carboxylic acids is 2. The summed E-state index contributed by atoms with van der Waals surface area (Å²) in [7, 11) is 0. The summed E-state index contributed by atoms with van der Waals surface area (Å²) in [6.07, 6.45) is -0.0943. The molecule has 2 rings (SSSR count). The fourth-order valence-corrected chi connectivity index (χ4v) is 2.19. The van der Waals surface area contributed by atoms with Crippen molar-refractivity contribution >= 4 is 17.7 Å². The smallest absolute Gasteiger partial charge is 0.408 e. The molecule has 1 heterocycles. The first-order valence-corrected chi connectivity index (χ1v) is 7.46. The van der Waals surface area contributed by atoms with E-state index in [4.69, 9.17) is 9.47 Å². The number of nitrogens with one attached hydrogen (secondary N) is 1. The number of benzene rings is 1. The van der Waals surface area contributed by atoms with Gasteiger partial charge in [-0.15, -0.1) is 0 Å². The number of halogens is 1. The van der Waals surface area contributed by atoms with Gasteiger partial charge in [0.25, 0.3) is 0 Å². The van der Waals surface area contributed by atoms with Crippen LogP contribution in [0, 0.1) is 5.82 Å². The summed E-state index contributed by atoms with van der Waals surface area (Å²) >= 11 is 0. The highest BCUT2D eigenvalue weighted by Crippen LogP contribution is 2.33. The number of alkyl carbamates (subject to hydrolysis) is 1. The Morgan fingerprint density at radius 3 is 2.83 bits per heavy atom. The predicted octanol–water partition coefficient (Wildman–Crippen LogP) is 2.47. The Morgan fingerprint density at radius 2 is 2.13 bits per heavy atom. The van der Waals surface area contributed by atoms with Crippen molar-refractivity contribution in [1.82, 2.24) is 5.32 Å². The third kappa shape index (κ3) is 4.58. The molecule has 0 aliphatic carbocycles. The Hall–Kier alpha value is -2.31. The zero-order valence-corrected chi connectivity index (χ0v) is 13.5. The molecule has 0 aromatic heterocycles. The maximum Gasteiger partial charge on any atom is 0.408 e. The molecule has 0 saturated heterocycles. The van der Waals surface area contributed by atoms with Gasteiger partial charge in [-0.2, -0.15) is 0 Å². The Balaban J connectivity index is 2.05. The van der Waals surface area contributed by atoms with E-state index in [9.17, 15) is 14.0 Å². The van der Waals surface area contributed by atoms with Crippen LogP contribution in [0.2, 0.25) is 0 Å². The minimum Gasteiger partial charge on any atom is -0.488 e. The molecule has 0 atom stereocenters. The van der Waals surface area contributed by atoms with E-state index >= 15 is 0 Å². The third-order valence-electron chi connectivity index (χ3n) is 3.09. The highest BCUT2D eigenvalue weighted by Gasteiger charge is 2.25. The molecular weight excluding hydrogens is 303 g/mol. The topological polar surface area (TPSA) is 67.9 Å². The number of rotatable bonds is 2. The van der Waals surface area contributed by atoms with Crippen LogP contribution >= 0.6 is 0 Å². The van der Waals surface area contributed by atoms with Crippen molar-refractivity contribution in [2.45, 2.75) is 32.8 Å². The summed E-state index contributed by atoms with van der Waals surface area (Å²) < 4.78 is 24.3. The Labute approximate surface area is 134 Å². The summed E-state index contributed by atoms with van der Waals surface area (Å²) in [5, 5.41) is 2.42. The SMILES string of the molecule is CC(C)(C)OC(=O)NCC(=O)N1CCCOc2c(F)cccc21. The molecule has 0 fully saturated rings. The standard InChI is InChI=1S/C16H21FN2O4/c1-16(2,3)23-15(21)18-10-13(20)19-8-5-9-22-14-11(17)6-4-7-12(14)19/h4,6-7H,5,8-10H2,1-3H3,(H,18,21). The average Bonchev–Trinajstić information content (AvgIpc) is 2.66. The molecule has 1 aliphatic heterocycles. The van der Waals surface area contributed by atoms with Gasteiger partial charge >= 0.3 is 6.09 Å². The number of anilines is 1. The van der Waals surface area contributed by atoms with Gasteiger partial charge in [0.05, 0.1) is 12.3 Å². The van der Waals surface area contributed by atoms with Gasteiger partial charge in [-0.3, -0.25) is 4.79 Å². The van der Waals surface area contributed by atoms with Gasteiger partial charge in [0, 0.05) is 6.54 Å². The van der Waals surface area contributed by atoms with Crippen molar-refractivity contribution in [2.24, 2.45) is 0 Å². The molecule has 1 aromatic carbocycles. The summed E-state index contributed by atoms with van der Waals surface area (Å²) in [5.74, 6) is -0.800. The minimum atomic E-state index is -0.670.